The van der Waals surface area contributed by atoms with Crippen LogP contribution in [-0.4, -0.2) is 36.1 Å². The number of allylic oxidation sites excluding steroid dienone is 1. The first-order valence-corrected chi connectivity index (χ1v) is 8.48. The molecule has 1 aliphatic heterocycles. The van der Waals surface area contributed by atoms with Gasteiger partial charge in [-0.15, -0.1) is 0 Å². The van der Waals surface area contributed by atoms with Crippen molar-refractivity contribution in [2.24, 2.45) is 0 Å². The Labute approximate surface area is 157 Å². The molecule has 1 aliphatic rings. The molecule has 0 aliphatic carbocycles. The number of fused-ring (bicyclic) bond motifs is 1. The van der Waals surface area contributed by atoms with Crippen molar-refractivity contribution in [2.75, 3.05) is 26.6 Å². The van der Waals surface area contributed by atoms with E-state index in [-0.39, 0.29) is 6.04 Å². The molecule has 0 spiro atoms. The molecule has 2 aromatic carbocycles. The summed E-state index contributed by atoms with van der Waals surface area (Å²) in [6, 6.07) is 13.5. The molecule has 1 aromatic heterocycles. The quantitative estimate of drug-likeness (QED) is 0.749. The standard InChI is InChI=1S/C20H20N4O3/c1-25-14-9-7-13(8-10-14)16-11-17(24-20(23-16)21-12-22-24)15-5-4-6-18(26-2)19(15)27-3/h4-12,17H,1-3H3,(H,21,22,23). The molecule has 0 bridgehead atoms. The van der Waals surface area contributed by atoms with Gasteiger partial charge in [-0.25, -0.2) is 4.68 Å². The number of nitrogens with zero attached hydrogens (tertiary/aromatic N) is 3. The van der Waals surface area contributed by atoms with E-state index >= 15 is 0 Å². The summed E-state index contributed by atoms with van der Waals surface area (Å²) < 4.78 is 18.2. The minimum atomic E-state index is -0.189. The molecule has 0 amide bonds. The molecule has 1 atom stereocenters. The number of rotatable bonds is 5. The first-order chi connectivity index (χ1) is 13.2. The monoisotopic (exact) mass is 364 g/mol. The van der Waals surface area contributed by atoms with Gasteiger partial charge >= 0.3 is 0 Å². The summed E-state index contributed by atoms with van der Waals surface area (Å²) in [5.41, 5.74) is 2.90. The van der Waals surface area contributed by atoms with Gasteiger partial charge in [0, 0.05) is 11.3 Å². The van der Waals surface area contributed by atoms with Crippen LogP contribution >= 0.6 is 0 Å². The van der Waals surface area contributed by atoms with Crippen LogP contribution in [0.2, 0.25) is 0 Å². The lowest BCUT2D eigenvalue weighted by Crippen LogP contribution is -2.20. The van der Waals surface area contributed by atoms with Crippen LogP contribution < -0.4 is 19.5 Å². The first kappa shape index (κ1) is 17.0. The summed E-state index contributed by atoms with van der Waals surface area (Å²) in [7, 11) is 4.92. The summed E-state index contributed by atoms with van der Waals surface area (Å²) >= 11 is 0. The van der Waals surface area contributed by atoms with Gasteiger partial charge in [0.25, 0.3) is 0 Å². The predicted molar refractivity (Wildman–Crippen MR) is 102 cm³/mol. The van der Waals surface area contributed by atoms with Crippen molar-refractivity contribution in [3.05, 3.63) is 66.0 Å². The van der Waals surface area contributed by atoms with Crippen molar-refractivity contribution in [3.63, 3.8) is 0 Å². The summed E-state index contributed by atoms with van der Waals surface area (Å²) in [5.74, 6) is 2.83. The van der Waals surface area contributed by atoms with Gasteiger partial charge in [0.15, 0.2) is 11.5 Å². The highest BCUT2D eigenvalue weighted by Crippen LogP contribution is 2.40. The second kappa shape index (κ2) is 7.03. The van der Waals surface area contributed by atoms with E-state index in [0.29, 0.717) is 17.4 Å². The average molecular weight is 364 g/mol. The van der Waals surface area contributed by atoms with E-state index in [2.05, 4.69) is 21.5 Å². The smallest absolute Gasteiger partial charge is 0.226 e. The number of hydrogen-bond donors (Lipinski definition) is 1. The number of anilines is 1. The summed E-state index contributed by atoms with van der Waals surface area (Å²) in [6.07, 6.45) is 3.63. The van der Waals surface area contributed by atoms with E-state index in [1.54, 1.807) is 21.3 Å². The van der Waals surface area contributed by atoms with E-state index < -0.39 is 0 Å². The molecule has 27 heavy (non-hydrogen) atoms. The van der Waals surface area contributed by atoms with Gasteiger partial charge in [-0.1, -0.05) is 12.1 Å². The van der Waals surface area contributed by atoms with E-state index in [4.69, 9.17) is 14.2 Å². The molecule has 0 saturated heterocycles. The maximum atomic E-state index is 5.63. The van der Waals surface area contributed by atoms with Crippen LogP contribution in [0.1, 0.15) is 17.2 Å². The third kappa shape index (κ3) is 2.97. The largest absolute Gasteiger partial charge is 0.497 e. The maximum Gasteiger partial charge on any atom is 0.226 e. The van der Waals surface area contributed by atoms with Gasteiger partial charge in [0.2, 0.25) is 5.95 Å². The molecule has 7 nitrogen and oxygen atoms in total. The van der Waals surface area contributed by atoms with Crippen LogP contribution in [0.25, 0.3) is 5.70 Å². The number of nitrogens with one attached hydrogen (secondary N) is 1. The fourth-order valence-electron chi connectivity index (χ4n) is 3.24. The molecule has 138 valence electrons. The lowest BCUT2D eigenvalue weighted by molar-refractivity contribution is 0.349. The fraction of sp³-hybridized carbons (Fsp3) is 0.200. The van der Waals surface area contributed by atoms with Crippen molar-refractivity contribution < 1.29 is 14.2 Å². The SMILES string of the molecule is COc1ccc(C2=CC(c3cccc(OC)c3OC)n3ncnc3N2)cc1. The second-order valence-corrected chi connectivity index (χ2v) is 5.99. The lowest BCUT2D eigenvalue weighted by atomic mass is 10.0. The molecule has 0 radical (unpaired) electrons. The number of methoxy groups -OCH3 is 3. The third-order valence-electron chi connectivity index (χ3n) is 4.56. The van der Waals surface area contributed by atoms with Crippen molar-refractivity contribution in [1.29, 1.82) is 0 Å². The zero-order chi connectivity index (χ0) is 18.8. The number of hydrogen-bond acceptors (Lipinski definition) is 6. The van der Waals surface area contributed by atoms with Crippen LogP contribution in [0.3, 0.4) is 0 Å². The fourth-order valence-corrected chi connectivity index (χ4v) is 3.24. The molecule has 4 rings (SSSR count). The summed E-state index contributed by atoms with van der Waals surface area (Å²) in [4.78, 5) is 4.34. The Balaban J connectivity index is 1.82. The maximum absolute atomic E-state index is 5.63. The van der Waals surface area contributed by atoms with Crippen LogP contribution in [-0.2, 0) is 0 Å². The Hall–Kier alpha value is -3.48. The first-order valence-electron chi connectivity index (χ1n) is 8.48. The number of ether oxygens (including phenoxy) is 3. The summed E-state index contributed by atoms with van der Waals surface area (Å²) in [5, 5.41) is 7.72. The van der Waals surface area contributed by atoms with Crippen molar-refractivity contribution in [2.45, 2.75) is 6.04 Å². The Bertz CT molecular complexity index is 979. The molecule has 0 fully saturated rings. The minimum absolute atomic E-state index is 0.189. The van der Waals surface area contributed by atoms with E-state index in [1.807, 2.05) is 47.1 Å². The van der Waals surface area contributed by atoms with Crippen LogP contribution in [0, 0.1) is 0 Å². The van der Waals surface area contributed by atoms with E-state index in [0.717, 1.165) is 22.6 Å². The van der Waals surface area contributed by atoms with Crippen molar-refractivity contribution in [1.82, 2.24) is 14.8 Å². The molecule has 1 unspecified atom stereocenters. The third-order valence-corrected chi connectivity index (χ3v) is 4.56. The average Bonchev–Trinajstić information content (AvgIpc) is 3.21. The molecular formula is C20H20N4O3. The molecular weight excluding hydrogens is 344 g/mol. The number of aromatic nitrogens is 3. The number of benzene rings is 2. The van der Waals surface area contributed by atoms with Crippen molar-refractivity contribution >= 4 is 11.6 Å². The Morgan fingerprint density at radius 2 is 1.78 bits per heavy atom. The topological polar surface area (TPSA) is 70.4 Å². The van der Waals surface area contributed by atoms with Crippen LogP contribution in [0.5, 0.6) is 17.2 Å². The van der Waals surface area contributed by atoms with Gasteiger partial charge < -0.3 is 19.5 Å². The van der Waals surface area contributed by atoms with E-state index in [9.17, 15) is 0 Å². The zero-order valence-corrected chi connectivity index (χ0v) is 15.3. The predicted octanol–water partition coefficient (Wildman–Crippen LogP) is 3.36. The molecule has 1 N–H and O–H groups in total. The van der Waals surface area contributed by atoms with Gasteiger partial charge in [-0.05, 0) is 42.0 Å². The normalized spacial score (nSPS) is 15.4. The van der Waals surface area contributed by atoms with Gasteiger partial charge in [0.05, 0.1) is 21.3 Å². The highest BCUT2D eigenvalue weighted by atomic mass is 16.5. The van der Waals surface area contributed by atoms with Crippen LogP contribution in [0.15, 0.2) is 54.9 Å². The molecule has 0 saturated carbocycles. The van der Waals surface area contributed by atoms with Crippen molar-refractivity contribution in [3.8, 4) is 17.2 Å². The molecule has 2 heterocycles. The molecule has 3 aromatic rings. The Morgan fingerprint density at radius 1 is 0.963 bits per heavy atom. The van der Waals surface area contributed by atoms with Gasteiger partial charge in [0.1, 0.15) is 18.1 Å². The Morgan fingerprint density at radius 3 is 2.48 bits per heavy atom. The molecule has 7 heteroatoms. The highest BCUT2D eigenvalue weighted by Gasteiger charge is 2.27. The highest BCUT2D eigenvalue weighted by molar-refractivity contribution is 5.77. The summed E-state index contributed by atoms with van der Waals surface area (Å²) in [6.45, 7) is 0. The zero-order valence-electron chi connectivity index (χ0n) is 15.3. The second-order valence-electron chi connectivity index (χ2n) is 5.99. The van der Waals surface area contributed by atoms with Crippen LogP contribution in [0.4, 0.5) is 5.95 Å². The minimum Gasteiger partial charge on any atom is -0.497 e. The Kier molecular flexibility index (Phi) is 4.42. The lowest BCUT2D eigenvalue weighted by Gasteiger charge is -2.26. The van der Waals surface area contributed by atoms with E-state index in [1.165, 1.54) is 6.33 Å². The van der Waals surface area contributed by atoms with Gasteiger partial charge in [-0.3, -0.25) is 0 Å². The number of para-hydroxylation sites is 1. The van der Waals surface area contributed by atoms with Gasteiger partial charge in [-0.2, -0.15) is 10.1 Å².